The summed E-state index contributed by atoms with van der Waals surface area (Å²) < 4.78 is 4.85. The van der Waals surface area contributed by atoms with Crippen LogP contribution in [0.5, 0.6) is 0 Å². The third kappa shape index (κ3) is 2.48. The van der Waals surface area contributed by atoms with Crippen molar-refractivity contribution < 1.29 is 9.66 Å². The van der Waals surface area contributed by atoms with E-state index >= 15 is 0 Å². The number of nitro groups is 1. The summed E-state index contributed by atoms with van der Waals surface area (Å²) in [6.07, 6.45) is 1.39. The van der Waals surface area contributed by atoms with Gasteiger partial charge in [-0.15, -0.1) is 0 Å². The molecule has 1 rings (SSSR count). The van der Waals surface area contributed by atoms with Crippen LogP contribution in [0.15, 0.2) is 18.3 Å². The minimum absolute atomic E-state index is 0.182. The average molecular weight is 197 g/mol. The van der Waals surface area contributed by atoms with E-state index in [4.69, 9.17) is 10.5 Å². The van der Waals surface area contributed by atoms with Gasteiger partial charge in [0.15, 0.2) is 0 Å². The lowest BCUT2D eigenvalue weighted by molar-refractivity contribution is -0.389. The largest absolute Gasteiger partial charge is 0.383 e. The second-order valence-corrected chi connectivity index (χ2v) is 2.77. The Morgan fingerprint density at radius 3 is 2.86 bits per heavy atom. The minimum atomic E-state index is -0.550. The summed E-state index contributed by atoms with van der Waals surface area (Å²) in [7, 11) is 1.54. The van der Waals surface area contributed by atoms with Crippen molar-refractivity contribution in [2.45, 2.75) is 6.04 Å². The molecular formula is C8H11N3O3. The van der Waals surface area contributed by atoms with Crippen LogP contribution >= 0.6 is 0 Å². The molecule has 14 heavy (non-hydrogen) atoms. The third-order valence-electron chi connectivity index (χ3n) is 1.73. The van der Waals surface area contributed by atoms with E-state index in [9.17, 15) is 10.1 Å². The highest BCUT2D eigenvalue weighted by Gasteiger charge is 2.11. The van der Waals surface area contributed by atoms with Gasteiger partial charge in [-0.25, -0.2) is 0 Å². The third-order valence-corrected chi connectivity index (χ3v) is 1.73. The summed E-state index contributed by atoms with van der Waals surface area (Å²) in [5, 5.41) is 10.3. The highest BCUT2D eigenvalue weighted by atomic mass is 16.6. The highest BCUT2D eigenvalue weighted by molar-refractivity contribution is 5.24. The molecule has 0 unspecified atom stereocenters. The Bertz CT molecular complexity index is 312. The quantitative estimate of drug-likeness (QED) is 0.564. The van der Waals surface area contributed by atoms with Crippen molar-refractivity contribution in [3.8, 4) is 0 Å². The number of methoxy groups -OCH3 is 1. The van der Waals surface area contributed by atoms with E-state index in [1.54, 1.807) is 13.2 Å². The molecule has 0 fully saturated rings. The summed E-state index contributed by atoms with van der Waals surface area (Å²) in [5.74, 6) is -0.182. The van der Waals surface area contributed by atoms with Crippen LogP contribution in [0.2, 0.25) is 0 Å². The Hall–Kier alpha value is -1.53. The van der Waals surface area contributed by atoms with E-state index in [2.05, 4.69) is 4.98 Å². The Kier molecular flexibility index (Phi) is 3.49. The van der Waals surface area contributed by atoms with E-state index in [0.717, 1.165) is 5.56 Å². The molecule has 0 bridgehead atoms. The van der Waals surface area contributed by atoms with Crippen LogP contribution in [-0.4, -0.2) is 23.6 Å². The molecule has 76 valence electrons. The van der Waals surface area contributed by atoms with E-state index in [1.165, 1.54) is 12.3 Å². The van der Waals surface area contributed by atoms with Gasteiger partial charge in [0.05, 0.1) is 12.6 Å². The first-order valence-electron chi connectivity index (χ1n) is 4.00. The summed E-state index contributed by atoms with van der Waals surface area (Å²) in [6, 6.07) is 2.60. The molecule has 1 aromatic heterocycles. The molecule has 0 aliphatic carbocycles. The first-order chi connectivity index (χ1) is 6.65. The van der Waals surface area contributed by atoms with E-state index < -0.39 is 4.92 Å². The van der Waals surface area contributed by atoms with Gasteiger partial charge in [0.25, 0.3) is 0 Å². The molecule has 6 nitrogen and oxygen atoms in total. The number of hydrogen-bond acceptors (Lipinski definition) is 5. The minimum Gasteiger partial charge on any atom is -0.383 e. The van der Waals surface area contributed by atoms with Crippen LogP contribution in [0.25, 0.3) is 0 Å². The number of hydrogen-bond donors (Lipinski definition) is 1. The Morgan fingerprint density at radius 1 is 1.71 bits per heavy atom. The van der Waals surface area contributed by atoms with Gasteiger partial charge in [-0.1, -0.05) is 0 Å². The van der Waals surface area contributed by atoms with Gasteiger partial charge < -0.3 is 20.6 Å². The standard InChI is InChI=1S/C8H11N3O3/c1-14-5-7(9)6-2-3-8(10-4-6)11(12)13/h2-4,7H,5,9H2,1H3/t7-/m0/s1. The highest BCUT2D eigenvalue weighted by Crippen LogP contribution is 2.12. The Labute approximate surface area is 80.9 Å². The molecule has 0 saturated carbocycles. The maximum atomic E-state index is 10.3. The lowest BCUT2D eigenvalue weighted by atomic mass is 10.1. The van der Waals surface area contributed by atoms with Crippen LogP contribution in [0.4, 0.5) is 5.82 Å². The lowest BCUT2D eigenvalue weighted by Crippen LogP contribution is -2.16. The number of nitrogens with two attached hydrogens (primary N) is 1. The zero-order valence-electron chi connectivity index (χ0n) is 7.71. The van der Waals surface area contributed by atoms with E-state index in [-0.39, 0.29) is 11.9 Å². The predicted octanol–water partition coefficient (Wildman–Crippen LogP) is 0.636. The molecule has 0 spiro atoms. The number of aromatic nitrogens is 1. The fourth-order valence-electron chi connectivity index (χ4n) is 1.00. The van der Waals surface area contributed by atoms with Crippen LogP contribution in [-0.2, 0) is 4.74 Å². The van der Waals surface area contributed by atoms with Gasteiger partial charge in [-0.2, -0.15) is 0 Å². The monoisotopic (exact) mass is 197 g/mol. The molecule has 2 N–H and O–H groups in total. The van der Waals surface area contributed by atoms with Crippen molar-refractivity contribution in [2.75, 3.05) is 13.7 Å². The van der Waals surface area contributed by atoms with Gasteiger partial charge in [0.1, 0.15) is 6.20 Å². The number of ether oxygens (including phenoxy) is 1. The van der Waals surface area contributed by atoms with Crippen molar-refractivity contribution in [3.05, 3.63) is 34.0 Å². The fourth-order valence-corrected chi connectivity index (χ4v) is 1.00. The Balaban J connectivity index is 2.77. The summed E-state index contributed by atoms with van der Waals surface area (Å²) in [6.45, 7) is 0.361. The summed E-state index contributed by atoms with van der Waals surface area (Å²) >= 11 is 0. The normalized spacial score (nSPS) is 12.4. The van der Waals surface area contributed by atoms with Crippen LogP contribution in [0, 0.1) is 10.1 Å². The maximum absolute atomic E-state index is 10.3. The Morgan fingerprint density at radius 2 is 2.43 bits per heavy atom. The van der Waals surface area contributed by atoms with Gasteiger partial charge in [-0.05, 0) is 16.0 Å². The summed E-state index contributed by atoms with van der Waals surface area (Å²) in [4.78, 5) is 13.4. The molecule has 1 aromatic rings. The average Bonchev–Trinajstić information content (AvgIpc) is 2.18. The van der Waals surface area contributed by atoms with Gasteiger partial charge in [0.2, 0.25) is 0 Å². The van der Waals surface area contributed by atoms with E-state index in [0.29, 0.717) is 6.61 Å². The number of nitrogens with zero attached hydrogens (tertiary/aromatic N) is 2. The number of rotatable bonds is 4. The molecule has 1 heterocycles. The molecule has 0 amide bonds. The lowest BCUT2D eigenvalue weighted by Gasteiger charge is -2.07. The molecule has 1 atom stereocenters. The second-order valence-electron chi connectivity index (χ2n) is 2.77. The molecule has 0 aliphatic rings. The van der Waals surface area contributed by atoms with Crippen molar-refractivity contribution in [2.24, 2.45) is 5.73 Å². The first-order valence-corrected chi connectivity index (χ1v) is 4.00. The maximum Gasteiger partial charge on any atom is 0.363 e. The van der Waals surface area contributed by atoms with Crippen molar-refractivity contribution in [1.29, 1.82) is 0 Å². The van der Waals surface area contributed by atoms with Crippen molar-refractivity contribution in [3.63, 3.8) is 0 Å². The first kappa shape index (κ1) is 10.6. The molecular weight excluding hydrogens is 186 g/mol. The SMILES string of the molecule is COC[C@H](N)c1ccc([N+](=O)[O-])nc1. The van der Waals surface area contributed by atoms with Crippen molar-refractivity contribution in [1.82, 2.24) is 4.98 Å². The fraction of sp³-hybridized carbons (Fsp3) is 0.375. The zero-order chi connectivity index (χ0) is 10.6. The number of pyridine rings is 1. The summed E-state index contributed by atoms with van der Waals surface area (Å²) in [5.41, 5.74) is 6.42. The zero-order valence-corrected chi connectivity index (χ0v) is 7.71. The van der Waals surface area contributed by atoms with Crippen molar-refractivity contribution >= 4 is 5.82 Å². The molecule has 6 heteroatoms. The van der Waals surface area contributed by atoms with Crippen LogP contribution < -0.4 is 5.73 Å². The van der Waals surface area contributed by atoms with Crippen LogP contribution in [0.1, 0.15) is 11.6 Å². The van der Waals surface area contributed by atoms with Crippen LogP contribution in [0.3, 0.4) is 0 Å². The second kappa shape index (κ2) is 4.64. The topological polar surface area (TPSA) is 91.3 Å². The van der Waals surface area contributed by atoms with Gasteiger partial charge in [-0.3, -0.25) is 0 Å². The predicted molar refractivity (Wildman–Crippen MR) is 49.7 cm³/mol. The molecule has 0 saturated heterocycles. The smallest absolute Gasteiger partial charge is 0.363 e. The van der Waals surface area contributed by atoms with E-state index in [1.807, 2.05) is 0 Å². The molecule has 0 radical (unpaired) electrons. The van der Waals surface area contributed by atoms with Gasteiger partial charge >= 0.3 is 5.82 Å². The van der Waals surface area contributed by atoms with Gasteiger partial charge in [0, 0.05) is 18.7 Å². The molecule has 0 aliphatic heterocycles. The molecule has 0 aromatic carbocycles.